The summed E-state index contributed by atoms with van der Waals surface area (Å²) in [7, 11) is 0. The number of fused-ring (bicyclic) bond motifs is 1. The third-order valence-electron chi connectivity index (χ3n) is 5.19. The average Bonchev–Trinajstić information content (AvgIpc) is 3.40. The Balaban J connectivity index is 1.50. The van der Waals surface area contributed by atoms with Crippen molar-refractivity contribution in [1.82, 2.24) is 20.2 Å². The Hall–Kier alpha value is -2.82. The molecule has 0 spiro atoms. The Kier molecular flexibility index (Phi) is 4.84. The fourth-order valence-corrected chi connectivity index (χ4v) is 3.53. The minimum Gasteiger partial charge on any atom is -0.361 e. The van der Waals surface area contributed by atoms with Crippen LogP contribution in [0.25, 0.3) is 10.9 Å². The number of nitrogens with zero attached hydrogens (tertiary/aromatic N) is 2. The minimum atomic E-state index is -0.0641. The largest absolute Gasteiger partial charge is 0.361 e. The summed E-state index contributed by atoms with van der Waals surface area (Å²) in [5, 5.41) is 4.38. The lowest BCUT2D eigenvalue weighted by molar-refractivity contribution is 0.187. The molecule has 27 heavy (non-hydrogen) atoms. The van der Waals surface area contributed by atoms with E-state index in [0.29, 0.717) is 12.6 Å². The van der Waals surface area contributed by atoms with Crippen LogP contribution in [0.1, 0.15) is 49.2 Å². The molecule has 1 atom stereocenters. The van der Waals surface area contributed by atoms with Gasteiger partial charge >= 0.3 is 6.03 Å². The van der Waals surface area contributed by atoms with Crippen LogP contribution in [-0.4, -0.2) is 26.9 Å². The number of urea groups is 1. The SMILES string of the molecule is CC[C@H](NC(=O)N(Cc1ccc2[nH]ccc2c1)C1CC1)c1cccc(C)n1. The standard InChI is InChI=1S/C22H26N4O/c1-3-19(21-6-4-5-15(2)24-21)25-22(27)26(18-8-9-18)14-16-7-10-20-17(13-16)11-12-23-20/h4-7,10-13,18-19,23H,3,8-9,14H2,1-2H3,(H,25,27)/t19-/m0/s1. The van der Waals surface area contributed by atoms with Gasteiger partial charge in [0.25, 0.3) is 0 Å². The Morgan fingerprint density at radius 2 is 2.15 bits per heavy atom. The Labute approximate surface area is 159 Å². The number of pyridine rings is 1. The van der Waals surface area contributed by atoms with E-state index in [-0.39, 0.29) is 12.1 Å². The zero-order valence-corrected chi connectivity index (χ0v) is 15.9. The molecule has 1 aliphatic carbocycles. The molecule has 0 radical (unpaired) electrons. The molecule has 4 rings (SSSR count). The summed E-state index contributed by atoms with van der Waals surface area (Å²) in [6, 6.07) is 14.7. The second-order valence-corrected chi connectivity index (χ2v) is 7.37. The number of carbonyl (C=O) groups excluding carboxylic acids is 1. The smallest absolute Gasteiger partial charge is 0.318 e. The molecule has 5 nitrogen and oxygen atoms in total. The van der Waals surface area contributed by atoms with Crippen molar-refractivity contribution in [1.29, 1.82) is 0 Å². The normalized spacial score (nSPS) is 14.9. The van der Waals surface area contributed by atoms with Crippen LogP contribution in [-0.2, 0) is 6.54 Å². The van der Waals surface area contributed by atoms with Gasteiger partial charge in [-0.05, 0) is 67.5 Å². The number of benzene rings is 1. The van der Waals surface area contributed by atoms with E-state index in [4.69, 9.17) is 0 Å². The molecule has 0 saturated heterocycles. The van der Waals surface area contributed by atoms with Crippen molar-refractivity contribution in [3.05, 3.63) is 65.6 Å². The second kappa shape index (κ2) is 7.43. The van der Waals surface area contributed by atoms with Crippen LogP contribution in [0.4, 0.5) is 4.79 Å². The summed E-state index contributed by atoms with van der Waals surface area (Å²) in [4.78, 5) is 22.8. The zero-order chi connectivity index (χ0) is 18.8. The molecule has 2 heterocycles. The monoisotopic (exact) mass is 362 g/mol. The molecular weight excluding hydrogens is 336 g/mol. The molecule has 3 aromatic rings. The van der Waals surface area contributed by atoms with E-state index in [1.807, 2.05) is 36.2 Å². The van der Waals surface area contributed by atoms with Crippen LogP contribution in [0.3, 0.4) is 0 Å². The molecule has 2 amide bonds. The van der Waals surface area contributed by atoms with Crippen molar-refractivity contribution in [3.8, 4) is 0 Å². The molecule has 0 unspecified atom stereocenters. The van der Waals surface area contributed by atoms with E-state index >= 15 is 0 Å². The lowest BCUT2D eigenvalue weighted by Gasteiger charge is -2.26. The van der Waals surface area contributed by atoms with Crippen LogP contribution in [0.5, 0.6) is 0 Å². The van der Waals surface area contributed by atoms with Gasteiger partial charge in [-0.1, -0.05) is 19.1 Å². The van der Waals surface area contributed by atoms with Crippen molar-refractivity contribution >= 4 is 16.9 Å². The Morgan fingerprint density at radius 1 is 1.30 bits per heavy atom. The highest BCUT2D eigenvalue weighted by atomic mass is 16.2. The number of hydrogen-bond acceptors (Lipinski definition) is 2. The van der Waals surface area contributed by atoms with Gasteiger partial charge in [0.15, 0.2) is 0 Å². The van der Waals surface area contributed by atoms with E-state index in [1.54, 1.807) is 0 Å². The third-order valence-corrected chi connectivity index (χ3v) is 5.19. The highest BCUT2D eigenvalue weighted by Gasteiger charge is 2.33. The maximum absolute atomic E-state index is 13.1. The summed E-state index contributed by atoms with van der Waals surface area (Å²) in [5.74, 6) is 0. The number of nitrogens with one attached hydrogen (secondary N) is 2. The van der Waals surface area contributed by atoms with Crippen LogP contribution in [0, 0.1) is 6.92 Å². The number of aromatic amines is 1. The van der Waals surface area contributed by atoms with Gasteiger partial charge in [-0.2, -0.15) is 0 Å². The molecule has 0 aliphatic heterocycles. The second-order valence-electron chi connectivity index (χ2n) is 7.37. The minimum absolute atomic E-state index is 0.00169. The van der Waals surface area contributed by atoms with E-state index in [0.717, 1.165) is 41.7 Å². The van der Waals surface area contributed by atoms with Gasteiger partial charge in [0.1, 0.15) is 0 Å². The quantitative estimate of drug-likeness (QED) is 0.668. The lowest BCUT2D eigenvalue weighted by atomic mass is 10.1. The predicted octanol–water partition coefficient (Wildman–Crippen LogP) is 4.70. The fourth-order valence-electron chi connectivity index (χ4n) is 3.53. The lowest BCUT2D eigenvalue weighted by Crippen LogP contribution is -2.42. The third kappa shape index (κ3) is 3.97. The van der Waals surface area contributed by atoms with Crippen molar-refractivity contribution in [2.75, 3.05) is 0 Å². The predicted molar refractivity (Wildman–Crippen MR) is 107 cm³/mol. The van der Waals surface area contributed by atoms with Gasteiger partial charge in [-0.15, -0.1) is 0 Å². The molecule has 2 N–H and O–H groups in total. The highest BCUT2D eigenvalue weighted by molar-refractivity contribution is 5.80. The number of aromatic nitrogens is 2. The van der Waals surface area contributed by atoms with E-state index in [9.17, 15) is 4.79 Å². The number of rotatable bonds is 6. The molecule has 140 valence electrons. The molecule has 1 aliphatic rings. The van der Waals surface area contributed by atoms with Crippen molar-refractivity contribution in [3.63, 3.8) is 0 Å². The van der Waals surface area contributed by atoms with Gasteiger partial charge < -0.3 is 15.2 Å². The van der Waals surface area contributed by atoms with E-state index in [1.165, 1.54) is 5.39 Å². The number of aryl methyl sites for hydroxylation is 1. The van der Waals surface area contributed by atoms with Crippen LogP contribution >= 0.6 is 0 Å². The number of amides is 2. The van der Waals surface area contributed by atoms with Gasteiger partial charge in [-0.3, -0.25) is 4.98 Å². The Morgan fingerprint density at radius 3 is 2.89 bits per heavy atom. The molecule has 2 aromatic heterocycles. The van der Waals surface area contributed by atoms with Gasteiger partial charge in [0.2, 0.25) is 0 Å². The first kappa shape index (κ1) is 17.6. The molecule has 0 bridgehead atoms. The van der Waals surface area contributed by atoms with Crippen LogP contribution < -0.4 is 5.32 Å². The molecule has 1 aromatic carbocycles. The van der Waals surface area contributed by atoms with Crippen molar-refractivity contribution in [2.45, 2.75) is 51.7 Å². The van der Waals surface area contributed by atoms with Crippen molar-refractivity contribution in [2.24, 2.45) is 0 Å². The number of carbonyl (C=O) groups is 1. The molecular formula is C22H26N4O. The first-order chi connectivity index (χ1) is 13.1. The summed E-state index contributed by atoms with van der Waals surface area (Å²) in [6.07, 6.45) is 4.93. The summed E-state index contributed by atoms with van der Waals surface area (Å²) >= 11 is 0. The molecule has 1 fully saturated rings. The van der Waals surface area contributed by atoms with Gasteiger partial charge in [0, 0.05) is 30.0 Å². The van der Waals surface area contributed by atoms with Crippen LogP contribution in [0.15, 0.2) is 48.7 Å². The summed E-state index contributed by atoms with van der Waals surface area (Å²) in [5.41, 5.74) is 4.18. The van der Waals surface area contributed by atoms with Crippen LogP contribution in [0.2, 0.25) is 0 Å². The fraction of sp³-hybridized carbons (Fsp3) is 0.364. The van der Waals surface area contributed by atoms with Crippen molar-refractivity contribution < 1.29 is 4.79 Å². The molecule has 5 heteroatoms. The number of H-pyrrole nitrogens is 1. The summed E-state index contributed by atoms with van der Waals surface area (Å²) in [6.45, 7) is 4.69. The first-order valence-corrected chi connectivity index (χ1v) is 9.70. The number of hydrogen-bond donors (Lipinski definition) is 2. The first-order valence-electron chi connectivity index (χ1n) is 9.70. The maximum atomic E-state index is 13.1. The Bertz CT molecular complexity index is 944. The zero-order valence-electron chi connectivity index (χ0n) is 15.9. The van der Waals surface area contributed by atoms with E-state index in [2.05, 4.69) is 46.5 Å². The molecule has 1 saturated carbocycles. The van der Waals surface area contributed by atoms with Gasteiger partial charge in [-0.25, -0.2) is 4.79 Å². The van der Waals surface area contributed by atoms with E-state index < -0.39 is 0 Å². The average molecular weight is 362 g/mol. The van der Waals surface area contributed by atoms with Gasteiger partial charge in [0.05, 0.1) is 11.7 Å². The topological polar surface area (TPSA) is 61.0 Å². The maximum Gasteiger partial charge on any atom is 0.318 e. The highest BCUT2D eigenvalue weighted by Crippen LogP contribution is 2.29. The summed E-state index contributed by atoms with van der Waals surface area (Å²) < 4.78 is 0.